The van der Waals surface area contributed by atoms with Gasteiger partial charge in [0.1, 0.15) is 11.3 Å². The van der Waals surface area contributed by atoms with Crippen molar-refractivity contribution in [1.82, 2.24) is 14.5 Å². The van der Waals surface area contributed by atoms with Crippen LogP contribution in [0.4, 0.5) is 4.39 Å². The predicted octanol–water partition coefficient (Wildman–Crippen LogP) is 5.22. The van der Waals surface area contributed by atoms with Gasteiger partial charge in [0.2, 0.25) is 0 Å². The summed E-state index contributed by atoms with van der Waals surface area (Å²) in [6, 6.07) is 19.1. The number of pyridine rings is 1. The average Bonchev–Trinajstić information content (AvgIpc) is 3.00. The van der Waals surface area contributed by atoms with Crippen LogP contribution in [0.5, 0.6) is 0 Å². The Hall–Kier alpha value is -2.66. The van der Waals surface area contributed by atoms with Gasteiger partial charge in [0, 0.05) is 11.9 Å². The summed E-state index contributed by atoms with van der Waals surface area (Å²) in [5, 5.41) is 0.892. The van der Waals surface area contributed by atoms with Crippen LogP contribution in [-0.2, 0) is 12.3 Å². The molecule has 0 atom stereocenters. The molecule has 0 spiro atoms. The number of fused-ring (bicyclic) bond motifs is 1. The highest BCUT2D eigenvalue weighted by Crippen LogP contribution is 2.27. The zero-order valence-electron chi connectivity index (χ0n) is 14.4. The maximum atomic E-state index is 13.4. The topological polar surface area (TPSA) is 30.7 Å². The molecule has 0 bridgehead atoms. The van der Waals surface area contributed by atoms with Crippen molar-refractivity contribution < 1.29 is 4.39 Å². The van der Waals surface area contributed by atoms with Gasteiger partial charge in [-0.15, -0.1) is 0 Å². The molecule has 0 N–H and O–H groups in total. The number of aryl methyl sites for hydroxylation is 1. The first kappa shape index (κ1) is 16.8. The first-order valence-electron chi connectivity index (χ1n) is 8.43. The Kier molecular flexibility index (Phi) is 4.71. The Balaban J connectivity index is 1.65. The van der Waals surface area contributed by atoms with E-state index >= 15 is 0 Å². The van der Waals surface area contributed by atoms with Gasteiger partial charge in [-0.05, 0) is 42.3 Å². The van der Waals surface area contributed by atoms with Crippen molar-refractivity contribution in [2.75, 3.05) is 0 Å². The van der Waals surface area contributed by atoms with Gasteiger partial charge in [0.15, 0.2) is 10.8 Å². The predicted molar refractivity (Wildman–Crippen MR) is 104 cm³/mol. The van der Waals surface area contributed by atoms with Crippen molar-refractivity contribution in [3.8, 4) is 0 Å². The Morgan fingerprint density at radius 2 is 1.85 bits per heavy atom. The molecule has 2 heterocycles. The minimum absolute atomic E-state index is 0.210. The summed E-state index contributed by atoms with van der Waals surface area (Å²) in [7, 11) is 0. The van der Waals surface area contributed by atoms with Crippen LogP contribution in [0.1, 0.15) is 16.7 Å². The van der Waals surface area contributed by atoms with Gasteiger partial charge in [0.05, 0.1) is 6.54 Å². The highest BCUT2D eigenvalue weighted by atomic mass is 32.2. The lowest BCUT2D eigenvalue weighted by molar-refractivity contribution is 0.626. The summed E-state index contributed by atoms with van der Waals surface area (Å²) in [4.78, 5) is 9.25. The van der Waals surface area contributed by atoms with Crippen molar-refractivity contribution in [1.29, 1.82) is 0 Å². The molecule has 4 rings (SSSR count). The molecule has 0 saturated carbocycles. The number of nitrogens with zero attached hydrogens (tertiary/aromatic N) is 3. The second-order valence-electron chi connectivity index (χ2n) is 6.23. The van der Waals surface area contributed by atoms with Crippen molar-refractivity contribution in [3.05, 3.63) is 89.4 Å². The monoisotopic (exact) mass is 363 g/mol. The van der Waals surface area contributed by atoms with Crippen LogP contribution in [-0.4, -0.2) is 14.5 Å². The van der Waals surface area contributed by atoms with Gasteiger partial charge in [-0.3, -0.25) is 4.57 Å². The van der Waals surface area contributed by atoms with E-state index in [2.05, 4.69) is 40.7 Å². The van der Waals surface area contributed by atoms with E-state index in [0.29, 0.717) is 12.3 Å². The first-order chi connectivity index (χ1) is 12.7. The number of aromatic nitrogens is 3. The highest BCUT2D eigenvalue weighted by Gasteiger charge is 2.13. The quantitative estimate of drug-likeness (QED) is 0.456. The summed E-state index contributed by atoms with van der Waals surface area (Å²) in [5.41, 5.74) is 5.13. The van der Waals surface area contributed by atoms with Gasteiger partial charge in [-0.25, -0.2) is 14.4 Å². The SMILES string of the molecule is Cc1ccc(Cn2c(SCc3cccc(F)c3)nc3cccnc32)cc1. The minimum atomic E-state index is -0.210. The third kappa shape index (κ3) is 3.63. The molecule has 0 unspecified atom stereocenters. The van der Waals surface area contributed by atoms with Crippen molar-refractivity contribution in [2.45, 2.75) is 24.4 Å². The smallest absolute Gasteiger partial charge is 0.170 e. The first-order valence-corrected chi connectivity index (χ1v) is 9.42. The van der Waals surface area contributed by atoms with E-state index in [4.69, 9.17) is 4.98 Å². The van der Waals surface area contributed by atoms with Crippen molar-refractivity contribution >= 4 is 22.9 Å². The fourth-order valence-corrected chi connectivity index (χ4v) is 3.79. The Morgan fingerprint density at radius 3 is 2.65 bits per heavy atom. The molecule has 0 fully saturated rings. The number of hydrogen-bond donors (Lipinski definition) is 0. The summed E-state index contributed by atoms with van der Waals surface area (Å²) in [5.74, 6) is 0.451. The van der Waals surface area contributed by atoms with E-state index in [1.807, 2.05) is 18.2 Å². The number of benzene rings is 2. The molecule has 2 aromatic heterocycles. The molecule has 0 amide bonds. The second kappa shape index (κ2) is 7.30. The number of rotatable bonds is 5. The number of halogens is 1. The molecule has 26 heavy (non-hydrogen) atoms. The minimum Gasteiger partial charge on any atom is -0.299 e. The fraction of sp³-hybridized carbons (Fsp3) is 0.143. The van der Waals surface area contributed by atoms with Crippen LogP contribution < -0.4 is 0 Å². The number of thioether (sulfide) groups is 1. The molecule has 0 aliphatic carbocycles. The molecule has 4 aromatic rings. The lowest BCUT2D eigenvalue weighted by Crippen LogP contribution is -2.02. The fourth-order valence-electron chi connectivity index (χ4n) is 2.84. The van der Waals surface area contributed by atoms with Crippen LogP contribution in [0.15, 0.2) is 72.0 Å². The van der Waals surface area contributed by atoms with Crippen LogP contribution in [0.2, 0.25) is 0 Å². The molecular formula is C21H18FN3S. The molecular weight excluding hydrogens is 345 g/mol. The maximum absolute atomic E-state index is 13.4. The molecule has 3 nitrogen and oxygen atoms in total. The van der Waals surface area contributed by atoms with Crippen LogP contribution in [0.3, 0.4) is 0 Å². The molecule has 0 aliphatic heterocycles. The van der Waals surface area contributed by atoms with Gasteiger partial charge in [-0.2, -0.15) is 0 Å². The Labute approximate surface area is 155 Å². The van der Waals surface area contributed by atoms with Gasteiger partial charge < -0.3 is 0 Å². The Bertz CT molecular complexity index is 1040. The average molecular weight is 363 g/mol. The normalized spacial score (nSPS) is 11.2. The summed E-state index contributed by atoms with van der Waals surface area (Å²) in [6.07, 6.45) is 1.79. The standard InChI is InChI=1S/C21H18FN3S/c1-15-7-9-16(10-8-15)13-25-20-19(6-3-11-23-20)24-21(25)26-14-17-4-2-5-18(22)12-17/h2-12H,13-14H2,1H3. The van der Waals surface area contributed by atoms with Crippen LogP contribution >= 0.6 is 11.8 Å². The van der Waals surface area contributed by atoms with E-state index in [1.165, 1.54) is 17.2 Å². The number of imidazole rings is 1. The van der Waals surface area contributed by atoms with E-state index < -0.39 is 0 Å². The zero-order valence-corrected chi connectivity index (χ0v) is 15.2. The lowest BCUT2D eigenvalue weighted by atomic mass is 10.1. The molecule has 130 valence electrons. The molecule has 0 radical (unpaired) electrons. The molecule has 2 aromatic carbocycles. The van der Waals surface area contributed by atoms with E-state index in [0.717, 1.165) is 21.9 Å². The molecule has 0 saturated heterocycles. The van der Waals surface area contributed by atoms with Crippen LogP contribution in [0, 0.1) is 12.7 Å². The summed E-state index contributed by atoms with van der Waals surface area (Å²) < 4.78 is 15.5. The van der Waals surface area contributed by atoms with Gasteiger partial charge >= 0.3 is 0 Å². The van der Waals surface area contributed by atoms with Crippen molar-refractivity contribution in [3.63, 3.8) is 0 Å². The maximum Gasteiger partial charge on any atom is 0.170 e. The number of hydrogen-bond acceptors (Lipinski definition) is 3. The van der Waals surface area contributed by atoms with E-state index in [-0.39, 0.29) is 5.82 Å². The van der Waals surface area contributed by atoms with Crippen LogP contribution in [0.25, 0.3) is 11.2 Å². The third-order valence-electron chi connectivity index (χ3n) is 4.19. The molecule has 0 aliphatic rings. The second-order valence-corrected chi connectivity index (χ2v) is 7.17. The largest absolute Gasteiger partial charge is 0.299 e. The van der Waals surface area contributed by atoms with E-state index in [9.17, 15) is 4.39 Å². The van der Waals surface area contributed by atoms with Crippen molar-refractivity contribution in [2.24, 2.45) is 0 Å². The summed E-state index contributed by atoms with van der Waals surface area (Å²) >= 11 is 1.60. The Morgan fingerprint density at radius 1 is 1.00 bits per heavy atom. The van der Waals surface area contributed by atoms with Gasteiger partial charge in [-0.1, -0.05) is 53.7 Å². The van der Waals surface area contributed by atoms with E-state index in [1.54, 1.807) is 30.1 Å². The molecule has 5 heteroatoms. The third-order valence-corrected chi connectivity index (χ3v) is 5.23. The highest BCUT2D eigenvalue weighted by molar-refractivity contribution is 7.98. The summed E-state index contributed by atoms with van der Waals surface area (Å²) in [6.45, 7) is 2.79. The lowest BCUT2D eigenvalue weighted by Gasteiger charge is -2.09. The zero-order chi connectivity index (χ0) is 17.9. The van der Waals surface area contributed by atoms with Gasteiger partial charge in [0.25, 0.3) is 0 Å².